The van der Waals surface area contributed by atoms with Crippen LogP contribution in [0.1, 0.15) is 34.1 Å². The number of sulfone groups is 1. The van der Waals surface area contributed by atoms with Gasteiger partial charge in [-0.3, -0.25) is 9.59 Å². The summed E-state index contributed by atoms with van der Waals surface area (Å²) >= 11 is 0. The highest BCUT2D eigenvalue weighted by Gasteiger charge is 2.48. The summed E-state index contributed by atoms with van der Waals surface area (Å²) in [4.78, 5) is 28.5. The van der Waals surface area contributed by atoms with E-state index in [1.807, 2.05) is 0 Å². The SMILES string of the molecule is COc1ccc([C@H]2c3c(oc4ccccc4c3=O)C(=O)N2[C@H]2CCS(=O)(=O)C2)cc1OC. The van der Waals surface area contributed by atoms with E-state index in [0.717, 1.165) is 0 Å². The van der Waals surface area contributed by atoms with E-state index < -0.39 is 27.8 Å². The van der Waals surface area contributed by atoms with Crippen molar-refractivity contribution in [2.45, 2.75) is 18.5 Å². The molecule has 2 atom stereocenters. The van der Waals surface area contributed by atoms with E-state index in [9.17, 15) is 18.0 Å². The van der Waals surface area contributed by atoms with E-state index in [1.54, 1.807) is 42.5 Å². The Balaban J connectivity index is 1.76. The number of fused-ring (bicyclic) bond motifs is 2. The molecule has 0 N–H and O–H groups in total. The lowest BCUT2D eigenvalue weighted by Gasteiger charge is -2.30. The Morgan fingerprint density at radius 2 is 1.78 bits per heavy atom. The van der Waals surface area contributed by atoms with Crippen LogP contribution in [0.5, 0.6) is 11.5 Å². The Morgan fingerprint density at radius 3 is 2.47 bits per heavy atom. The molecule has 0 saturated carbocycles. The number of nitrogens with zero attached hydrogens (tertiary/aromatic N) is 1. The minimum Gasteiger partial charge on any atom is -0.493 e. The van der Waals surface area contributed by atoms with Crippen molar-refractivity contribution >= 4 is 26.7 Å². The molecular weight excluding hydrogens is 434 g/mol. The molecule has 0 bridgehead atoms. The van der Waals surface area contributed by atoms with Crippen molar-refractivity contribution in [2.75, 3.05) is 25.7 Å². The number of amides is 1. The van der Waals surface area contributed by atoms with Gasteiger partial charge in [-0.1, -0.05) is 18.2 Å². The van der Waals surface area contributed by atoms with Crippen LogP contribution >= 0.6 is 0 Å². The lowest BCUT2D eigenvalue weighted by Crippen LogP contribution is -2.40. The fraction of sp³-hybridized carbons (Fsp3) is 0.304. The fourth-order valence-corrected chi connectivity index (χ4v) is 6.37. The molecule has 2 aromatic carbocycles. The second-order valence-corrected chi connectivity index (χ2v) is 10.2. The third-order valence-electron chi connectivity index (χ3n) is 6.14. The quantitative estimate of drug-likeness (QED) is 0.596. The van der Waals surface area contributed by atoms with E-state index in [-0.39, 0.29) is 28.3 Å². The van der Waals surface area contributed by atoms with Gasteiger partial charge in [0.2, 0.25) is 5.76 Å². The van der Waals surface area contributed by atoms with Crippen LogP contribution < -0.4 is 14.9 Å². The number of benzene rings is 2. The normalized spacial score (nSPS) is 21.7. The molecule has 3 heterocycles. The first-order chi connectivity index (χ1) is 15.3. The Labute approximate surface area is 184 Å². The van der Waals surface area contributed by atoms with Crippen LogP contribution in [-0.4, -0.2) is 51.0 Å². The molecular formula is C23H21NO7S. The van der Waals surface area contributed by atoms with Gasteiger partial charge in [-0.2, -0.15) is 0 Å². The Kier molecular flexibility index (Phi) is 4.74. The van der Waals surface area contributed by atoms with Crippen molar-refractivity contribution < 1.29 is 27.1 Å². The largest absolute Gasteiger partial charge is 0.493 e. The van der Waals surface area contributed by atoms with Gasteiger partial charge in [0.25, 0.3) is 5.91 Å². The lowest BCUT2D eigenvalue weighted by atomic mass is 9.97. The van der Waals surface area contributed by atoms with Crippen molar-refractivity contribution in [2.24, 2.45) is 0 Å². The molecule has 166 valence electrons. The van der Waals surface area contributed by atoms with Crippen molar-refractivity contribution in [3.63, 3.8) is 0 Å². The topological polar surface area (TPSA) is 103 Å². The van der Waals surface area contributed by atoms with Crippen LogP contribution in [0, 0.1) is 0 Å². The monoisotopic (exact) mass is 455 g/mol. The number of rotatable bonds is 4. The van der Waals surface area contributed by atoms with Crippen LogP contribution in [0.4, 0.5) is 0 Å². The molecule has 32 heavy (non-hydrogen) atoms. The number of para-hydroxylation sites is 1. The summed E-state index contributed by atoms with van der Waals surface area (Å²) < 4.78 is 41.0. The van der Waals surface area contributed by atoms with Crippen LogP contribution in [0.2, 0.25) is 0 Å². The minimum atomic E-state index is -3.27. The summed E-state index contributed by atoms with van der Waals surface area (Å²) in [6.45, 7) is 0. The first-order valence-corrected chi connectivity index (χ1v) is 12.0. The average Bonchev–Trinajstić information content (AvgIpc) is 3.29. The van der Waals surface area contributed by atoms with E-state index >= 15 is 0 Å². The maximum absolute atomic E-state index is 13.5. The summed E-state index contributed by atoms with van der Waals surface area (Å²) in [6.07, 6.45) is 0.305. The number of carbonyl (C=O) groups excluding carboxylic acids is 1. The number of hydrogen-bond donors (Lipinski definition) is 0. The van der Waals surface area contributed by atoms with Crippen molar-refractivity contribution in [1.29, 1.82) is 0 Å². The highest BCUT2D eigenvalue weighted by molar-refractivity contribution is 7.91. The highest BCUT2D eigenvalue weighted by Crippen LogP contribution is 2.43. The second-order valence-electron chi connectivity index (χ2n) is 7.96. The predicted octanol–water partition coefficient (Wildman–Crippen LogP) is 2.54. The van der Waals surface area contributed by atoms with Gasteiger partial charge in [0.1, 0.15) is 5.58 Å². The van der Waals surface area contributed by atoms with Crippen LogP contribution in [0.25, 0.3) is 11.0 Å². The molecule has 0 aliphatic carbocycles. The molecule has 0 spiro atoms. The maximum atomic E-state index is 13.5. The highest BCUT2D eigenvalue weighted by atomic mass is 32.2. The summed E-state index contributed by atoms with van der Waals surface area (Å²) in [7, 11) is -0.253. The van der Waals surface area contributed by atoms with Crippen LogP contribution in [0.3, 0.4) is 0 Å². The fourth-order valence-electron chi connectivity index (χ4n) is 4.66. The van der Waals surface area contributed by atoms with Gasteiger partial charge in [-0.05, 0) is 36.2 Å². The zero-order valence-electron chi connectivity index (χ0n) is 17.5. The van der Waals surface area contributed by atoms with E-state index in [0.29, 0.717) is 34.5 Å². The third kappa shape index (κ3) is 3.07. The number of hydrogen-bond acceptors (Lipinski definition) is 7. The molecule has 8 nitrogen and oxygen atoms in total. The molecule has 0 unspecified atom stereocenters. The van der Waals surface area contributed by atoms with E-state index in [2.05, 4.69) is 0 Å². The summed E-state index contributed by atoms with van der Waals surface area (Å²) in [6, 6.07) is 10.5. The smallest absolute Gasteiger partial charge is 0.291 e. The van der Waals surface area contributed by atoms with Crippen molar-refractivity contribution in [1.82, 2.24) is 4.90 Å². The van der Waals surface area contributed by atoms with Gasteiger partial charge in [0.05, 0.1) is 42.7 Å². The zero-order valence-corrected chi connectivity index (χ0v) is 18.3. The zero-order chi connectivity index (χ0) is 22.6. The van der Waals surface area contributed by atoms with Crippen molar-refractivity contribution in [3.8, 4) is 11.5 Å². The predicted molar refractivity (Wildman–Crippen MR) is 117 cm³/mol. The molecule has 1 amide bonds. The number of methoxy groups -OCH3 is 2. The first-order valence-electron chi connectivity index (χ1n) is 10.2. The molecule has 1 aromatic heterocycles. The summed E-state index contributed by atoms with van der Waals surface area (Å²) in [5.74, 6) is 0.267. The van der Waals surface area contributed by atoms with Crippen LogP contribution in [0.15, 0.2) is 51.7 Å². The standard InChI is InChI=1S/C23H21NO7S/c1-29-17-8-7-13(11-18(17)30-2)20-19-21(25)15-5-3-4-6-16(15)31-22(19)23(26)24(20)14-9-10-32(27,28)12-14/h3-8,11,14,20H,9-10,12H2,1-2H3/t14-,20-/m0/s1. The maximum Gasteiger partial charge on any atom is 0.291 e. The van der Waals surface area contributed by atoms with E-state index in [1.165, 1.54) is 19.1 Å². The molecule has 9 heteroatoms. The molecule has 2 aliphatic heterocycles. The lowest BCUT2D eigenvalue weighted by molar-refractivity contribution is 0.0662. The molecule has 3 aromatic rings. The minimum absolute atomic E-state index is 0.000202. The van der Waals surface area contributed by atoms with Gasteiger partial charge in [0, 0.05) is 6.04 Å². The molecule has 0 radical (unpaired) electrons. The summed E-state index contributed by atoms with van der Waals surface area (Å²) in [5, 5.41) is 0.366. The Hall–Kier alpha value is -3.33. The van der Waals surface area contributed by atoms with Crippen molar-refractivity contribution in [3.05, 3.63) is 69.6 Å². The van der Waals surface area contributed by atoms with E-state index in [4.69, 9.17) is 13.9 Å². The third-order valence-corrected chi connectivity index (χ3v) is 7.89. The molecule has 5 rings (SSSR count). The van der Waals surface area contributed by atoms with Gasteiger partial charge in [0.15, 0.2) is 26.8 Å². The first kappa shape index (κ1) is 20.6. The van der Waals surface area contributed by atoms with Gasteiger partial charge < -0.3 is 18.8 Å². The van der Waals surface area contributed by atoms with Gasteiger partial charge in [-0.15, -0.1) is 0 Å². The molecule has 1 saturated heterocycles. The van der Waals surface area contributed by atoms with Gasteiger partial charge >= 0.3 is 0 Å². The van der Waals surface area contributed by atoms with Crippen LogP contribution in [-0.2, 0) is 9.84 Å². The Morgan fingerprint density at radius 1 is 1.03 bits per heavy atom. The number of ether oxygens (including phenoxy) is 2. The second kappa shape index (κ2) is 7.37. The Bertz CT molecular complexity index is 1410. The van der Waals surface area contributed by atoms with Gasteiger partial charge in [-0.25, -0.2) is 8.42 Å². The average molecular weight is 455 g/mol. The molecule has 2 aliphatic rings. The summed E-state index contributed by atoms with van der Waals surface area (Å²) in [5.41, 5.74) is 0.835. The molecule has 1 fully saturated rings. The number of carbonyl (C=O) groups is 1.